The summed E-state index contributed by atoms with van der Waals surface area (Å²) < 4.78 is 7.18. The fourth-order valence-electron chi connectivity index (χ4n) is 3.27. The van der Waals surface area contributed by atoms with Gasteiger partial charge in [-0.1, -0.05) is 37.1 Å². The minimum absolute atomic E-state index is 0.192. The molecule has 156 valence electrons. The number of morpholine rings is 1. The van der Waals surface area contributed by atoms with E-state index in [0.717, 1.165) is 69.2 Å². The molecule has 2 aromatic rings. The largest absolute Gasteiger partial charge is 0.379 e. The average Bonchev–Trinajstić information content (AvgIpc) is 3.00. The first kappa shape index (κ1) is 21.6. The van der Waals surface area contributed by atoms with E-state index >= 15 is 0 Å². The summed E-state index contributed by atoms with van der Waals surface area (Å²) in [6.07, 6.45) is 5.33. The van der Waals surface area contributed by atoms with Crippen molar-refractivity contribution in [3.63, 3.8) is 0 Å². The van der Waals surface area contributed by atoms with Crippen LogP contribution in [0.2, 0.25) is 5.15 Å². The van der Waals surface area contributed by atoms with Gasteiger partial charge in [0.1, 0.15) is 5.15 Å². The van der Waals surface area contributed by atoms with Crippen molar-refractivity contribution in [1.29, 1.82) is 0 Å². The second kappa shape index (κ2) is 10.6. The molecule has 1 aliphatic heterocycles. The van der Waals surface area contributed by atoms with Crippen LogP contribution in [0.15, 0.2) is 30.3 Å². The van der Waals surface area contributed by atoms with Crippen LogP contribution in [0, 0.1) is 6.92 Å². The number of nitrogens with one attached hydrogen (secondary N) is 1. The topological polar surface area (TPSA) is 59.4 Å². The summed E-state index contributed by atoms with van der Waals surface area (Å²) in [7, 11) is 0. The van der Waals surface area contributed by atoms with Gasteiger partial charge in [-0.3, -0.25) is 14.4 Å². The molecule has 1 aliphatic rings. The molecule has 0 spiro atoms. The van der Waals surface area contributed by atoms with Gasteiger partial charge in [0.25, 0.3) is 0 Å². The van der Waals surface area contributed by atoms with E-state index in [1.807, 2.05) is 31.2 Å². The van der Waals surface area contributed by atoms with Gasteiger partial charge in [0.05, 0.1) is 18.9 Å². The number of rotatable bonds is 8. The van der Waals surface area contributed by atoms with Crippen LogP contribution in [0.5, 0.6) is 0 Å². The molecular formula is C22H29ClN4O2. The minimum atomic E-state index is -0.192. The number of amides is 1. The highest BCUT2D eigenvalue weighted by Gasteiger charge is 2.12. The summed E-state index contributed by atoms with van der Waals surface area (Å²) in [5, 5.41) is 7.93. The SMILES string of the molecule is CCCCn1nc(C)c(/C=C/C(=O)Nc2ccc(CN3CCOCC3)cc2)c1Cl. The lowest BCUT2D eigenvalue weighted by Crippen LogP contribution is -2.35. The summed E-state index contributed by atoms with van der Waals surface area (Å²) in [5.74, 6) is -0.192. The third-order valence-electron chi connectivity index (χ3n) is 4.97. The molecule has 0 bridgehead atoms. The third kappa shape index (κ3) is 6.16. The molecule has 2 heterocycles. The van der Waals surface area contributed by atoms with Gasteiger partial charge in [-0.2, -0.15) is 5.10 Å². The molecule has 7 heteroatoms. The van der Waals surface area contributed by atoms with Gasteiger partial charge in [0, 0.05) is 43.5 Å². The van der Waals surface area contributed by atoms with Crippen LogP contribution in [0.25, 0.3) is 6.08 Å². The molecule has 1 fully saturated rings. The van der Waals surface area contributed by atoms with Crippen molar-refractivity contribution in [3.05, 3.63) is 52.3 Å². The number of hydrogen-bond donors (Lipinski definition) is 1. The van der Waals surface area contributed by atoms with Crippen molar-refractivity contribution in [1.82, 2.24) is 14.7 Å². The van der Waals surface area contributed by atoms with E-state index in [1.54, 1.807) is 10.8 Å². The van der Waals surface area contributed by atoms with Crippen LogP contribution >= 0.6 is 11.6 Å². The molecule has 0 saturated carbocycles. The van der Waals surface area contributed by atoms with Gasteiger partial charge in [0.2, 0.25) is 5.91 Å². The molecule has 1 amide bonds. The maximum Gasteiger partial charge on any atom is 0.248 e. The highest BCUT2D eigenvalue weighted by molar-refractivity contribution is 6.31. The first-order valence-corrected chi connectivity index (χ1v) is 10.6. The number of aryl methyl sites for hydroxylation is 2. The van der Waals surface area contributed by atoms with E-state index in [9.17, 15) is 4.79 Å². The number of aromatic nitrogens is 2. The third-order valence-corrected chi connectivity index (χ3v) is 5.36. The summed E-state index contributed by atoms with van der Waals surface area (Å²) in [6, 6.07) is 7.96. The molecule has 1 aromatic carbocycles. The Hall–Kier alpha value is -2.15. The Kier molecular flexibility index (Phi) is 7.86. The van der Waals surface area contributed by atoms with E-state index in [4.69, 9.17) is 16.3 Å². The fraction of sp³-hybridized carbons (Fsp3) is 0.455. The van der Waals surface area contributed by atoms with Gasteiger partial charge >= 0.3 is 0 Å². The maximum atomic E-state index is 12.3. The number of nitrogens with zero attached hydrogens (tertiary/aromatic N) is 3. The van der Waals surface area contributed by atoms with Gasteiger partial charge in [-0.05, 0) is 37.1 Å². The zero-order valence-electron chi connectivity index (χ0n) is 17.2. The van der Waals surface area contributed by atoms with Gasteiger partial charge < -0.3 is 10.1 Å². The first-order chi connectivity index (χ1) is 14.1. The van der Waals surface area contributed by atoms with Crippen molar-refractivity contribution >= 4 is 29.3 Å². The number of carbonyl (C=O) groups is 1. The van der Waals surface area contributed by atoms with Crippen LogP contribution in [0.1, 0.15) is 36.6 Å². The molecule has 0 radical (unpaired) electrons. The lowest BCUT2D eigenvalue weighted by atomic mass is 10.2. The summed E-state index contributed by atoms with van der Waals surface area (Å²) in [5.41, 5.74) is 3.61. The standard InChI is InChI=1S/C22H29ClN4O2/c1-3-4-11-27-22(23)20(17(2)25-27)9-10-21(28)24-19-7-5-18(6-8-19)16-26-12-14-29-15-13-26/h5-10H,3-4,11-16H2,1-2H3,(H,24,28)/b10-9+. The minimum Gasteiger partial charge on any atom is -0.379 e. The normalized spacial score (nSPS) is 15.1. The fourth-order valence-corrected chi connectivity index (χ4v) is 3.59. The molecule has 1 saturated heterocycles. The smallest absolute Gasteiger partial charge is 0.248 e. The summed E-state index contributed by atoms with van der Waals surface area (Å²) in [4.78, 5) is 14.7. The van der Waals surface area contributed by atoms with Crippen LogP contribution in [-0.4, -0.2) is 46.9 Å². The lowest BCUT2D eigenvalue weighted by molar-refractivity contribution is -0.111. The Morgan fingerprint density at radius 1 is 1.28 bits per heavy atom. The maximum absolute atomic E-state index is 12.3. The molecule has 3 rings (SSSR count). The van der Waals surface area contributed by atoms with E-state index in [-0.39, 0.29) is 5.91 Å². The van der Waals surface area contributed by atoms with Crippen molar-refractivity contribution in [2.75, 3.05) is 31.6 Å². The zero-order valence-corrected chi connectivity index (χ0v) is 17.9. The number of halogens is 1. The monoisotopic (exact) mass is 416 g/mol. The van der Waals surface area contributed by atoms with Crippen LogP contribution < -0.4 is 5.32 Å². The Labute approximate surface area is 177 Å². The van der Waals surface area contributed by atoms with Crippen LogP contribution in [0.3, 0.4) is 0 Å². The van der Waals surface area contributed by atoms with E-state index in [1.165, 1.54) is 11.6 Å². The number of carbonyl (C=O) groups excluding carboxylic acids is 1. The van der Waals surface area contributed by atoms with Crippen molar-refractivity contribution in [3.8, 4) is 0 Å². The molecule has 0 atom stereocenters. The number of benzene rings is 1. The Balaban J connectivity index is 1.55. The molecule has 6 nitrogen and oxygen atoms in total. The predicted molar refractivity (Wildman–Crippen MR) is 117 cm³/mol. The quantitative estimate of drug-likeness (QED) is 0.657. The second-order valence-electron chi connectivity index (χ2n) is 7.27. The highest BCUT2D eigenvalue weighted by Crippen LogP contribution is 2.22. The van der Waals surface area contributed by atoms with Crippen LogP contribution in [-0.2, 0) is 22.6 Å². The summed E-state index contributed by atoms with van der Waals surface area (Å²) >= 11 is 6.41. The predicted octanol–water partition coefficient (Wildman–Crippen LogP) is 4.13. The Morgan fingerprint density at radius 3 is 2.69 bits per heavy atom. The number of unbranched alkanes of at least 4 members (excludes halogenated alkanes) is 1. The first-order valence-electron chi connectivity index (χ1n) is 10.2. The number of ether oxygens (including phenoxy) is 1. The van der Waals surface area contributed by atoms with Crippen molar-refractivity contribution < 1.29 is 9.53 Å². The highest BCUT2D eigenvalue weighted by atomic mass is 35.5. The molecule has 29 heavy (non-hydrogen) atoms. The second-order valence-corrected chi connectivity index (χ2v) is 7.63. The number of hydrogen-bond acceptors (Lipinski definition) is 4. The number of anilines is 1. The summed E-state index contributed by atoms with van der Waals surface area (Å²) in [6.45, 7) is 9.22. The van der Waals surface area contributed by atoms with Gasteiger partial charge in [-0.15, -0.1) is 0 Å². The average molecular weight is 417 g/mol. The molecule has 0 unspecified atom stereocenters. The van der Waals surface area contributed by atoms with Crippen molar-refractivity contribution in [2.24, 2.45) is 0 Å². The molecular weight excluding hydrogens is 388 g/mol. The van der Waals surface area contributed by atoms with Crippen LogP contribution in [0.4, 0.5) is 5.69 Å². The molecule has 1 aromatic heterocycles. The van der Waals surface area contributed by atoms with E-state index in [2.05, 4.69) is 22.2 Å². The Bertz CT molecular complexity index is 839. The van der Waals surface area contributed by atoms with E-state index in [0.29, 0.717) is 5.15 Å². The zero-order chi connectivity index (χ0) is 20.6. The lowest BCUT2D eigenvalue weighted by Gasteiger charge is -2.26. The van der Waals surface area contributed by atoms with Crippen molar-refractivity contribution in [2.45, 2.75) is 39.8 Å². The van der Waals surface area contributed by atoms with Gasteiger partial charge in [0.15, 0.2) is 0 Å². The van der Waals surface area contributed by atoms with E-state index < -0.39 is 0 Å². The van der Waals surface area contributed by atoms with Gasteiger partial charge in [-0.25, -0.2) is 0 Å². The molecule has 1 N–H and O–H groups in total. The molecule has 0 aliphatic carbocycles. The Morgan fingerprint density at radius 2 is 2.00 bits per heavy atom.